The van der Waals surface area contributed by atoms with Crippen LogP contribution in [0, 0.1) is 6.92 Å². The third-order valence-corrected chi connectivity index (χ3v) is 7.65. The van der Waals surface area contributed by atoms with E-state index in [1.165, 1.54) is 22.8 Å². The first-order valence-corrected chi connectivity index (χ1v) is 11.7. The van der Waals surface area contributed by atoms with Crippen molar-refractivity contribution in [3.63, 3.8) is 0 Å². The average Bonchev–Trinajstić information content (AvgIpc) is 3.30. The molecular weight excluding hydrogens is 449 g/mol. The minimum atomic E-state index is -4.61. The minimum Gasteiger partial charge on any atom is -0.324 e. The van der Waals surface area contributed by atoms with E-state index in [1.54, 1.807) is 19.3 Å². The molecule has 11 heteroatoms. The molecule has 31 heavy (non-hydrogen) atoms. The fourth-order valence-electron chi connectivity index (χ4n) is 3.19. The Balaban J connectivity index is 1.95. The maximum absolute atomic E-state index is 13.0. The van der Waals surface area contributed by atoms with Gasteiger partial charge in [-0.05, 0) is 31.2 Å². The minimum absolute atomic E-state index is 0.0130. The lowest BCUT2D eigenvalue weighted by molar-refractivity contribution is -0.141. The summed E-state index contributed by atoms with van der Waals surface area (Å²) in [5.74, 6) is -0.00439. The molecule has 0 aliphatic carbocycles. The maximum Gasteiger partial charge on any atom is 0.433 e. The standard InChI is InChI=1S/C20H17F3N4O2S2/c1-4-31(28,29)16-7-12(15-6-5-11(2)30-15)9-25-18(16)19-26-13-8-17(20(21,22)23)24-10-14(13)27(19)3/h5-10H,4H2,1-3H3. The molecule has 0 fully saturated rings. The van der Waals surface area contributed by atoms with Crippen LogP contribution in [0.1, 0.15) is 17.5 Å². The van der Waals surface area contributed by atoms with Crippen molar-refractivity contribution in [3.8, 4) is 22.0 Å². The third-order valence-electron chi connectivity index (χ3n) is 4.86. The average molecular weight is 467 g/mol. The van der Waals surface area contributed by atoms with E-state index in [9.17, 15) is 21.6 Å². The molecule has 0 unspecified atom stereocenters. The van der Waals surface area contributed by atoms with E-state index in [0.29, 0.717) is 11.1 Å². The number of hydrogen-bond donors (Lipinski definition) is 0. The normalized spacial score (nSPS) is 12.6. The number of hydrogen-bond acceptors (Lipinski definition) is 6. The van der Waals surface area contributed by atoms with Gasteiger partial charge in [0.25, 0.3) is 0 Å². The van der Waals surface area contributed by atoms with Crippen molar-refractivity contribution in [2.24, 2.45) is 7.05 Å². The lowest BCUT2D eigenvalue weighted by Crippen LogP contribution is -2.09. The summed E-state index contributed by atoms with van der Waals surface area (Å²) in [6, 6.07) is 6.21. The van der Waals surface area contributed by atoms with Gasteiger partial charge in [-0.25, -0.2) is 18.4 Å². The Labute approximate surface area is 180 Å². The Kier molecular flexibility index (Phi) is 5.13. The summed E-state index contributed by atoms with van der Waals surface area (Å²) in [6.07, 6.45) is -1.99. The van der Waals surface area contributed by atoms with E-state index >= 15 is 0 Å². The summed E-state index contributed by atoms with van der Waals surface area (Å²) in [7, 11) is -2.11. The van der Waals surface area contributed by atoms with Crippen LogP contribution in [-0.4, -0.2) is 33.7 Å². The van der Waals surface area contributed by atoms with Gasteiger partial charge in [-0.2, -0.15) is 13.2 Å². The van der Waals surface area contributed by atoms with Gasteiger partial charge in [-0.15, -0.1) is 11.3 Å². The van der Waals surface area contributed by atoms with Gasteiger partial charge in [0.1, 0.15) is 11.4 Å². The molecule has 4 aromatic heterocycles. The van der Waals surface area contributed by atoms with Crippen molar-refractivity contribution in [1.82, 2.24) is 19.5 Å². The molecule has 0 saturated heterocycles. The van der Waals surface area contributed by atoms with Crippen molar-refractivity contribution in [2.75, 3.05) is 5.75 Å². The van der Waals surface area contributed by atoms with Gasteiger partial charge in [0.15, 0.2) is 15.7 Å². The topological polar surface area (TPSA) is 77.7 Å². The number of sulfone groups is 1. The lowest BCUT2D eigenvalue weighted by Gasteiger charge is -2.10. The summed E-state index contributed by atoms with van der Waals surface area (Å²) >= 11 is 1.51. The molecule has 4 aromatic rings. The molecule has 0 aliphatic heterocycles. The molecule has 4 rings (SSSR count). The van der Waals surface area contributed by atoms with Crippen molar-refractivity contribution in [3.05, 3.63) is 47.2 Å². The predicted octanol–water partition coefficient (Wildman–Crippen LogP) is 4.88. The van der Waals surface area contributed by atoms with Gasteiger partial charge in [0.05, 0.1) is 27.9 Å². The molecule has 0 spiro atoms. The molecule has 0 radical (unpaired) electrons. The Hall–Kier alpha value is -2.79. The quantitative estimate of drug-likeness (QED) is 0.428. The fraction of sp³-hybridized carbons (Fsp3) is 0.250. The summed E-state index contributed by atoms with van der Waals surface area (Å²) in [4.78, 5) is 14.0. The van der Waals surface area contributed by atoms with Gasteiger partial charge < -0.3 is 4.57 Å². The molecular formula is C20H17F3N4O2S2. The summed E-state index contributed by atoms with van der Waals surface area (Å²) in [5.41, 5.74) is 0.0595. The number of alkyl halides is 3. The Morgan fingerprint density at radius 2 is 1.87 bits per heavy atom. The van der Waals surface area contributed by atoms with Crippen molar-refractivity contribution in [1.29, 1.82) is 0 Å². The second-order valence-corrected chi connectivity index (χ2v) is 10.5. The van der Waals surface area contributed by atoms with Gasteiger partial charge in [-0.1, -0.05) is 6.92 Å². The van der Waals surface area contributed by atoms with E-state index in [1.807, 2.05) is 19.1 Å². The maximum atomic E-state index is 13.0. The van der Waals surface area contributed by atoms with E-state index in [0.717, 1.165) is 22.0 Å². The number of aryl methyl sites for hydroxylation is 2. The number of imidazole rings is 1. The Morgan fingerprint density at radius 3 is 2.48 bits per heavy atom. The largest absolute Gasteiger partial charge is 0.433 e. The summed E-state index contributed by atoms with van der Waals surface area (Å²) in [6.45, 7) is 3.47. The van der Waals surface area contributed by atoms with Crippen LogP contribution in [0.25, 0.3) is 33.0 Å². The van der Waals surface area contributed by atoms with Crippen LogP contribution >= 0.6 is 11.3 Å². The number of halogens is 3. The van der Waals surface area contributed by atoms with Crippen molar-refractivity contribution < 1.29 is 21.6 Å². The van der Waals surface area contributed by atoms with Crippen LogP contribution in [0.3, 0.4) is 0 Å². The molecule has 6 nitrogen and oxygen atoms in total. The van der Waals surface area contributed by atoms with E-state index in [-0.39, 0.29) is 27.7 Å². The molecule has 0 atom stereocenters. The van der Waals surface area contributed by atoms with Gasteiger partial charge >= 0.3 is 6.18 Å². The third kappa shape index (κ3) is 3.83. The molecule has 4 heterocycles. The molecule has 0 aliphatic rings. The van der Waals surface area contributed by atoms with E-state index in [4.69, 9.17) is 0 Å². The number of rotatable bonds is 4. The van der Waals surface area contributed by atoms with Crippen LogP contribution in [0.15, 0.2) is 41.6 Å². The highest BCUT2D eigenvalue weighted by molar-refractivity contribution is 7.91. The van der Waals surface area contributed by atoms with E-state index in [2.05, 4.69) is 15.0 Å². The molecule has 0 amide bonds. The molecule has 162 valence electrons. The lowest BCUT2D eigenvalue weighted by atomic mass is 10.2. The Morgan fingerprint density at radius 1 is 1.13 bits per heavy atom. The first-order valence-electron chi connectivity index (χ1n) is 9.21. The Bertz CT molecular complexity index is 1410. The van der Waals surface area contributed by atoms with Crippen molar-refractivity contribution in [2.45, 2.75) is 24.9 Å². The van der Waals surface area contributed by atoms with E-state index < -0.39 is 21.7 Å². The molecule has 0 N–H and O–H groups in total. The predicted molar refractivity (Wildman–Crippen MR) is 113 cm³/mol. The van der Waals surface area contributed by atoms with Gasteiger partial charge in [-0.3, -0.25) is 4.98 Å². The molecule has 0 bridgehead atoms. The highest BCUT2D eigenvalue weighted by Crippen LogP contribution is 2.35. The van der Waals surface area contributed by atoms with Crippen LogP contribution < -0.4 is 0 Å². The fourth-order valence-corrected chi connectivity index (χ4v) is 5.09. The monoisotopic (exact) mass is 466 g/mol. The number of fused-ring (bicyclic) bond motifs is 1. The second kappa shape index (κ2) is 7.41. The first kappa shape index (κ1) is 21.4. The number of pyridine rings is 2. The van der Waals surface area contributed by atoms with Crippen LogP contribution in [-0.2, 0) is 23.1 Å². The molecule has 0 saturated carbocycles. The van der Waals surface area contributed by atoms with Crippen LogP contribution in [0.2, 0.25) is 0 Å². The number of aromatic nitrogens is 4. The summed E-state index contributed by atoms with van der Waals surface area (Å²) < 4.78 is 66.3. The van der Waals surface area contributed by atoms with Crippen LogP contribution in [0.5, 0.6) is 0 Å². The zero-order valence-corrected chi connectivity index (χ0v) is 18.4. The highest BCUT2D eigenvalue weighted by Gasteiger charge is 2.33. The smallest absolute Gasteiger partial charge is 0.324 e. The number of thiophene rings is 1. The zero-order valence-electron chi connectivity index (χ0n) is 16.7. The SMILES string of the molecule is CCS(=O)(=O)c1cc(-c2ccc(C)s2)cnc1-c1nc2cc(C(F)(F)F)ncc2n1C. The van der Waals surface area contributed by atoms with Crippen molar-refractivity contribution >= 4 is 32.2 Å². The zero-order chi connectivity index (χ0) is 22.6. The second-order valence-electron chi connectivity index (χ2n) is 6.93. The van der Waals surface area contributed by atoms with Crippen LogP contribution in [0.4, 0.5) is 13.2 Å². The van der Waals surface area contributed by atoms with Gasteiger partial charge in [0, 0.05) is 28.6 Å². The summed E-state index contributed by atoms with van der Waals surface area (Å²) in [5, 5.41) is 0. The molecule has 0 aromatic carbocycles. The highest BCUT2D eigenvalue weighted by atomic mass is 32.2. The first-order chi connectivity index (χ1) is 14.5. The van der Waals surface area contributed by atoms with Gasteiger partial charge in [0.2, 0.25) is 0 Å². The number of nitrogens with zero attached hydrogens (tertiary/aromatic N) is 4.